The summed E-state index contributed by atoms with van der Waals surface area (Å²) < 4.78 is 5.29. The van der Waals surface area contributed by atoms with Crippen molar-refractivity contribution >= 4 is 5.91 Å². The van der Waals surface area contributed by atoms with Gasteiger partial charge in [-0.1, -0.05) is 30.3 Å². The number of hydrogen-bond donors (Lipinski definition) is 1. The number of hydrogen-bond acceptors (Lipinski definition) is 3. The van der Waals surface area contributed by atoms with E-state index in [1.807, 2.05) is 30.1 Å². The van der Waals surface area contributed by atoms with E-state index in [0.717, 1.165) is 25.1 Å². The average Bonchev–Trinajstić information content (AvgIpc) is 3.16. The Morgan fingerprint density at radius 3 is 2.64 bits per heavy atom. The second-order valence-corrected chi connectivity index (χ2v) is 6.17. The lowest BCUT2D eigenvalue weighted by molar-refractivity contribution is -0.122. The van der Waals surface area contributed by atoms with E-state index in [2.05, 4.69) is 29.6 Å². The minimum atomic E-state index is 0.0660. The smallest absolute Gasteiger partial charge is 0.234 e. The molecule has 0 spiro atoms. The summed E-state index contributed by atoms with van der Waals surface area (Å²) in [5.74, 6) is 0.939. The zero-order valence-electron chi connectivity index (χ0n) is 12.9. The van der Waals surface area contributed by atoms with Crippen LogP contribution in [0.2, 0.25) is 0 Å². The molecule has 1 saturated carbocycles. The molecule has 1 aliphatic rings. The van der Waals surface area contributed by atoms with E-state index in [9.17, 15) is 4.79 Å². The molecule has 1 heterocycles. The van der Waals surface area contributed by atoms with Crippen LogP contribution in [0.4, 0.5) is 0 Å². The van der Waals surface area contributed by atoms with Crippen LogP contribution in [0.1, 0.15) is 24.2 Å². The molecule has 1 aromatic heterocycles. The minimum absolute atomic E-state index is 0.0660. The van der Waals surface area contributed by atoms with Gasteiger partial charge in [0.1, 0.15) is 5.76 Å². The molecule has 0 unspecified atom stereocenters. The largest absolute Gasteiger partial charge is 0.468 e. The number of carbonyl (C=O) groups excluding carboxylic acids is 1. The van der Waals surface area contributed by atoms with Crippen LogP contribution in [0.15, 0.2) is 53.1 Å². The molecule has 0 aliphatic heterocycles. The van der Waals surface area contributed by atoms with Gasteiger partial charge < -0.3 is 9.73 Å². The molecule has 3 rings (SSSR count). The van der Waals surface area contributed by atoms with Gasteiger partial charge in [0.25, 0.3) is 0 Å². The van der Waals surface area contributed by atoms with E-state index in [1.54, 1.807) is 6.26 Å². The molecule has 1 fully saturated rings. The number of likely N-dealkylation sites (N-methyl/N-ethyl adjacent to an activating group) is 1. The third-order valence-electron chi connectivity index (χ3n) is 4.28. The fourth-order valence-electron chi connectivity index (χ4n) is 2.80. The standard InChI is InChI=1S/C18H22N2O2/c1-20(12-16-8-5-11-22-16)13-17(21)19-14-18(9-10-18)15-6-3-2-4-7-15/h2-8,11H,9-10,12-14H2,1H3,(H,19,21). The van der Waals surface area contributed by atoms with Gasteiger partial charge in [-0.15, -0.1) is 0 Å². The summed E-state index contributed by atoms with van der Waals surface area (Å²) in [6, 6.07) is 14.2. The monoisotopic (exact) mass is 298 g/mol. The molecular formula is C18H22N2O2. The lowest BCUT2D eigenvalue weighted by Gasteiger charge is -2.19. The number of furan rings is 1. The molecular weight excluding hydrogens is 276 g/mol. The highest BCUT2D eigenvalue weighted by Gasteiger charge is 2.44. The van der Waals surface area contributed by atoms with Crippen LogP contribution in [0.5, 0.6) is 0 Å². The van der Waals surface area contributed by atoms with E-state index in [1.165, 1.54) is 5.56 Å². The molecule has 4 nitrogen and oxygen atoms in total. The third kappa shape index (κ3) is 3.57. The molecule has 0 bridgehead atoms. The van der Waals surface area contributed by atoms with E-state index in [4.69, 9.17) is 4.42 Å². The maximum Gasteiger partial charge on any atom is 0.234 e. The van der Waals surface area contributed by atoms with Crippen LogP contribution in [-0.4, -0.2) is 30.9 Å². The lowest BCUT2D eigenvalue weighted by atomic mass is 9.96. The van der Waals surface area contributed by atoms with E-state index >= 15 is 0 Å². The van der Waals surface area contributed by atoms with Gasteiger partial charge in [-0.25, -0.2) is 0 Å². The molecule has 0 saturated heterocycles. The molecule has 4 heteroatoms. The van der Waals surface area contributed by atoms with Crippen molar-refractivity contribution in [2.45, 2.75) is 24.8 Å². The normalized spacial score (nSPS) is 15.7. The summed E-state index contributed by atoms with van der Waals surface area (Å²) in [6.07, 6.45) is 3.96. The van der Waals surface area contributed by atoms with Gasteiger partial charge in [-0.3, -0.25) is 9.69 Å². The Labute approximate surface area is 131 Å². The van der Waals surface area contributed by atoms with Crippen molar-refractivity contribution in [1.82, 2.24) is 10.2 Å². The Morgan fingerprint density at radius 1 is 1.23 bits per heavy atom. The maximum atomic E-state index is 12.1. The van der Waals surface area contributed by atoms with Crippen LogP contribution in [-0.2, 0) is 16.8 Å². The van der Waals surface area contributed by atoms with Crippen molar-refractivity contribution in [3.63, 3.8) is 0 Å². The summed E-state index contributed by atoms with van der Waals surface area (Å²) in [4.78, 5) is 14.1. The Kier molecular flexibility index (Phi) is 4.29. The second-order valence-electron chi connectivity index (χ2n) is 6.17. The number of nitrogens with zero attached hydrogens (tertiary/aromatic N) is 1. The number of amides is 1. The van der Waals surface area contributed by atoms with Crippen LogP contribution < -0.4 is 5.32 Å². The van der Waals surface area contributed by atoms with Crippen molar-refractivity contribution in [3.05, 3.63) is 60.1 Å². The van der Waals surface area contributed by atoms with E-state index in [0.29, 0.717) is 13.1 Å². The first kappa shape index (κ1) is 14.9. The van der Waals surface area contributed by atoms with Gasteiger partial charge in [0, 0.05) is 12.0 Å². The first-order valence-electron chi connectivity index (χ1n) is 7.71. The van der Waals surface area contributed by atoms with Gasteiger partial charge >= 0.3 is 0 Å². The Balaban J connectivity index is 1.46. The van der Waals surface area contributed by atoms with Crippen LogP contribution in [0, 0.1) is 0 Å². The SMILES string of the molecule is CN(CC(=O)NCC1(c2ccccc2)CC1)Cc1ccco1. The Morgan fingerprint density at radius 2 is 2.00 bits per heavy atom. The predicted molar refractivity (Wildman–Crippen MR) is 85.4 cm³/mol. The number of rotatable bonds is 7. The third-order valence-corrected chi connectivity index (χ3v) is 4.28. The fourth-order valence-corrected chi connectivity index (χ4v) is 2.80. The van der Waals surface area contributed by atoms with Gasteiger partial charge in [0.05, 0.1) is 19.4 Å². The Bertz CT molecular complexity index is 603. The summed E-state index contributed by atoms with van der Waals surface area (Å²) in [5.41, 5.74) is 1.50. The Hall–Kier alpha value is -2.07. The fraction of sp³-hybridized carbons (Fsp3) is 0.389. The molecule has 2 aromatic rings. The van der Waals surface area contributed by atoms with Crippen LogP contribution >= 0.6 is 0 Å². The molecule has 22 heavy (non-hydrogen) atoms. The summed E-state index contributed by atoms with van der Waals surface area (Å²) >= 11 is 0. The van der Waals surface area contributed by atoms with E-state index < -0.39 is 0 Å². The van der Waals surface area contributed by atoms with Crippen molar-refractivity contribution in [2.24, 2.45) is 0 Å². The summed E-state index contributed by atoms with van der Waals surface area (Å²) in [7, 11) is 1.92. The maximum absolute atomic E-state index is 12.1. The highest BCUT2D eigenvalue weighted by molar-refractivity contribution is 5.78. The molecule has 0 radical (unpaired) electrons. The lowest BCUT2D eigenvalue weighted by Crippen LogP contribution is -2.38. The quantitative estimate of drug-likeness (QED) is 0.854. The zero-order valence-corrected chi connectivity index (χ0v) is 12.9. The average molecular weight is 298 g/mol. The molecule has 116 valence electrons. The first-order valence-corrected chi connectivity index (χ1v) is 7.71. The molecule has 1 aromatic carbocycles. The first-order chi connectivity index (χ1) is 10.7. The van der Waals surface area contributed by atoms with Gasteiger partial charge in [0.2, 0.25) is 5.91 Å². The predicted octanol–water partition coefficient (Wildman–Crippen LogP) is 2.56. The highest BCUT2D eigenvalue weighted by Crippen LogP contribution is 2.47. The van der Waals surface area contributed by atoms with Crippen LogP contribution in [0.3, 0.4) is 0 Å². The topological polar surface area (TPSA) is 45.5 Å². The zero-order chi connectivity index (χ0) is 15.4. The molecule has 1 aliphatic carbocycles. The number of benzene rings is 1. The van der Waals surface area contributed by atoms with Gasteiger partial charge in [-0.2, -0.15) is 0 Å². The van der Waals surface area contributed by atoms with Gasteiger partial charge in [-0.05, 0) is 37.6 Å². The summed E-state index contributed by atoms with van der Waals surface area (Å²) in [5, 5.41) is 3.08. The highest BCUT2D eigenvalue weighted by atomic mass is 16.3. The number of carbonyl (C=O) groups is 1. The minimum Gasteiger partial charge on any atom is -0.468 e. The van der Waals surface area contributed by atoms with Crippen molar-refractivity contribution in [1.29, 1.82) is 0 Å². The molecule has 0 atom stereocenters. The van der Waals surface area contributed by atoms with Crippen LogP contribution in [0.25, 0.3) is 0 Å². The number of nitrogens with one attached hydrogen (secondary N) is 1. The second kappa shape index (κ2) is 6.36. The van der Waals surface area contributed by atoms with Crippen molar-refractivity contribution < 1.29 is 9.21 Å². The van der Waals surface area contributed by atoms with E-state index in [-0.39, 0.29) is 11.3 Å². The van der Waals surface area contributed by atoms with Crippen molar-refractivity contribution in [3.8, 4) is 0 Å². The van der Waals surface area contributed by atoms with Crippen molar-refractivity contribution in [2.75, 3.05) is 20.1 Å². The molecule has 1 amide bonds. The molecule has 1 N–H and O–H groups in total. The summed E-state index contributed by atoms with van der Waals surface area (Å²) in [6.45, 7) is 1.75. The van der Waals surface area contributed by atoms with Gasteiger partial charge in [0.15, 0.2) is 0 Å².